The highest BCUT2D eigenvalue weighted by molar-refractivity contribution is 5.87. The Morgan fingerprint density at radius 1 is 1.24 bits per heavy atom. The summed E-state index contributed by atoms with van der Waals surface area (Å²) in [6.45, 7) is 12.2. The molecule has 2 aliphatic carbocycles. The van der Waals surface area contributed by atoms with Crippen LogP contribution >= 0.6 is 0 Å². The molecule has 4 rings (SSSR count). The molecule has 5 atom stereocenters. The minimum absolute atomic E-state index is 0.0867. The van der Waals surface area contributed by atoms with E-state index in [0.717, 1.165) is 36.0 Å². The summed E-state index contributed by atoms with van der Waals surface area (Å²) in [4.78, 5) is 13.8. The van der Waals surface area contributed by atoms with Gasteiger partial charge in [-0.2, -0.15) is 0 Å². The first-order valence-corrected chi connectivity index (χ1v) is 12.2. The predicted octanol–water partition coefficient (Wildman–Crippen LogP) is 5.28. The molecule has 1 heterocycles. The third-order valence-corrected chi connectivity index (χ3v) is 9.45. The van der Waals surface area contributed by atoms with Crippen molar-refractivity contribution in [3.63, 3.8) is 0 Å². The SMILES string of the molecule is COc1cc(C)c(O)c(C/C=C(\C)CC(=O)[C@H]2[C@@]3(C)CCC[C@@]3(C)[C@@]23C[C@H](O)C(C)(C)O3)c1. The van der Waals surface area contributed by atoms with E-state index in [1.54, 1.807) is 7.11 Å². The van der Waals surface area contributed by atoms with E-state index in [2.05, 4.69) is 13.8 Å². The zero-order valence-electron chi connectivity index (χ0n) is 21.2. The molecular formula is C28H40O5. The van der Waals surface area contributed by atoms with Crippen LogP contribution in [0.3, 0.4) is 0 Å². The lowest BCUT2D eigenvalue weighted by atomic mass is 9.36. The van der Waals surface area contributed by atoms with Crippen molar-refractivity contribution in [1.29, 1.82) is 0 Å². The monoisotopic (exact) mass is 456 g/mol. The van der Waals surface area contributed by atoms with Crippen molar-refractivity contribution in [2.75, 3.05) is 7.11 Å². The summed E-state index contributed by atoms with van der Waals surface area (Å²) in [7, 11) is 1.62. The fourth-order valence-corrected chi connectivity index (χ4v) is 7.35. The molecule has 5 nitrogen and oxygen atoms in total. The van der Waals surface area contributed by atoms with Crippen LogP contribution in [0.2, 0.25) is 0 Å². The summed E-state index contributed by atoms with van der Waals surface area (Å²) in [5.74, 6) is 0.993. The van der Waals surface area contributed by atoms with Crippen molar-refractivity contribution in [3.05, 3.63) is 34.9 Å². The Balaban J connectivity index is 1.56. The highest BCUT2D eigenvalue weighted by Crippen LogP contribution is 2.78. The van der Waals surface area contributed by atoms with E-state index in [0.29, 0.717) is 25.0 Å². The number of allylic oxidation sites excluding steroid dienone is 2. The molecular weight excluding hydrogens is 416 g/mol. The van der Waals surface area contributed by atoms with Gasteiger partial charge in [0.1, 0.15) is 17.3 Å². The second-order valence-corrected chi connectivity index (χ2v) is 11.7. The van der Waals surface area contributed by atoms with Gasteiger partial charge < -0.3 is 19.7 Å². The zero-order valence-corrected chi connectivity index (χ0v) is 21.2. The number of aliphatic hydroxyl groups is 1. The van der Waals surface area contributed by atoms with Gasteiger partial charge in [-0.3, -0.25) is 4.79 Å². The molecule has 1 aliphatic heterocycles. The second kappa shape index (κ2) is 7.84. The van der Waals surface area contributed by atoms with Gasteiger partial charge in [0, 0.05) is 23.8 Å². The van der Waals surface area contributed by atoms with Crippen LogP contribution in [-0.2, 0) is 16.0 Å². The Kier molecular flexibility index (Phi) is 5.77. The van der Waals surface area contributed by atoms with Crippen LogP contribution in [-0.4, -0.2) is 40.4 Å². The molecule has 3 fully saturated rings. The highest BCUT2D eigenvalue weighted by atomic mass is 16.6. The quantitative estimate of drug-likeness (QED) is 0.570. The predicted molar refractivity (Wildman–Crippen MR) is 129 cm³/mol. The average Bonchev–Trinajstić information content (AvgIpc) is 3.14. The number of hydrogen-bond donors (Lipinski definition) is 2. The van der Waals surface area contributed by atoms with E-state index in [1.807, 2.05) is 45.9 Å². The smallest absolute Gasteiger partial charge is 0.143 e. The number of aromatic hydroxyl groups is 1. The van der Waals surface area contributed by atoms with Crippen molar-refractivity contribution >= 4 is 5.78 Å². The number of fused-ring (bicyclic) bond motifs is 2. The van der Waals surface area contributed by atoms with Gasteiger partial charge in [0.2, 0.25) is 0 Å². The van der Waals surface area contributed by atoms with Gasteiger partial charge in [0.15, 0.2) is 0 Å². The maximum atomic E-state index is 13.8. The summed E-state index contributed by atoms with van der Waals surface area (Å²) < 4.78 is 12.0. The van der Waals surface area contributed by atoms with Crippen molar-refractivity contribution in [3.8, 4) is 11.5 Å². The molecule has 33 heavy (non-hydrogen) atoms. The van der Waals surface area contributed by atoms with Crippen molar-refractivity contribution in [1.82, 2.24) is 0 Å². The summed E-state index contributed by atoms with van der Waals surface area (Å²) in [5, 5.41) is 21.2. The lowest BCUT2D eigenvalue weighted by Crippen LogP contribution is -2.75. The van der Waals surface area contributed by atoms with Gasteiger partial charge in [0.05, 0.1) is 30.3 Å². The van der Waals surface area contributed by atoms with Crippen LogP contribution in [0.1, 0.15) is 77.8 Å². The minimum atomic E-state index is -0.641. The molecule has 0 bridgehead atoms. The molecule has 1 spiro atoms. The Labute approximate surface area is 198 Å². The highest BCUT2D eigenvalue weighted by Gasteiger charge is 2.82. The maximum absolute atomic E-state index is 13.8. The maximum Gasteiger partial charge on any atom is 0.143 e. The van der Waals surface area contributed by atoms with E-state index in [4.69, 9.17) is 9.47 Å². The summed E-state index contributed by atoms with van der Waals surface area (Å²) in [5.41, 5.74) is 1.15. The fourth-order valence-electron chi connectivity index (χ4n) is 7.35. The number of ketones is 1. The number of carbonyl (C=O) groups is 1. The topological polar surface area (TPSA) is 76.0 Å². The number of hydrogen-bond acceptors (Lipinski definition) is 5. The van der Waals surface area contributed by atoms with E-state index in [-0.39, 0.29) is 28.3 Å². The van der Waals surface area contributed by atoms with Crippen LogP contribution in [0.15, 0.2) is 23.8 Å². The van der Waals surface area contributed by atoms with Crippen molar-refractivity contribution in [2.24, 2.45) is 16.7 Å². The Hall–Kier alpha value is -1.85. The summed E-state index contributed by atoms with van der Waals surface area (Å²) >= 11 is 0. The molecule has 0 unspecified atom stereocenters. The molecule has 0 aromatic heterocycles. The number of rotatable bonds is 6. The number of aryl methyl sites for hydroxylation is 1. The van der Waals surface area contributed by atoms with E-state index < -0.39 is 17.3 Å². The van der Waals surface area contributed by atoms with Crippen LogP contribution < -0.4 is 4.74 Å². The van der Waals surface area contributed by atoms with Crippen LogP contribution in [0.5, 0.6) is 11.5 Å². The second-order valence-electron chi connectivity index (χ2n) is 11.7. The minimum Gasteiger partial charge on any atom is -0.507 e. The van der Waals surface area contributed by atoms with Crippen molar-refractivity contribution in [2.45, 2.75) is 97.4 Å². The third kappa shape index (κ3) is 3.37. The Bertz CT molecular complexity index is 994. The lowest BCUT2D eigenvalue weighted by molar-refractivity contribution is -0.304. The largest absolute Gasteiger partial charge is 0.507 e. The first-order chi connectivity index (χ1) is 15.3. The van der Waals surface area contributed by atoms with Crippen LogP contribution in [0.4, 0.5) is 0 Å². The molecule has 5 heteroatoms. The Morgan fingerprint density at radius 3 is 2.55 bits per heavy atom. The summed E-state index contributed by atoms with van der Waals surface area (Å²) in [6, 6.07) is 3.65. The van der Waals surface area contributed by atoms with Crippen LogP contribution in [0.25, 0.3) is 0 Å². The molecule has 1 aromatic carbocycles. The average molecular weight is 457 g/mol. The Morgan fingerprint density at radius 2 is 1.94 bits per heavy atom. The molecule has 1 saturated heterocycles. The van der Waals surface area contributed by atoms with Gasteiger partial charge in [-0.25, -0.2) is 0 Å². The lowest BCUT2D eigenvalue weighted by Gasteiger charge is -2.70. The molecule has 182 valence electrons. The number of benzene rings is 1. The first-order valence-electron chi connectivity index (χ1n) is 12.2. The molecule has 2 N–H and O–H groups in total. The molecule has 2 saturated carbocycles. The summed E-state index contributed by atoms with van der Waals surface area (Å²) in [6.07, 6.45) is 6.06. The number of carbonyl (C=O) groups excluding carboxylic acids is 1. The number of aliphatic hydroxyl groups excluding tert-OH is 1. The van der Waals surface area contributed by atoms with Gasteiger partial charge >= 0.3 is 0 Å². The van der Waals surface area contributed by atoms with Crippen LogP contribution in [0, 0.1) is 23.7 Å². The van der Waals surface area contributed by atoms with Crippen molar-refractivity contribution < 1.29 is 24.5 Å². The van der Waals surface area contributed by atoms with Gasteiger partial charge in [-0.15, -0.1) is 0 Å². The molecule has 0 amide bonds. The number of phenols is 1. The van der Waals surface area contributed by atoms with Gasteiger partial charge in [-0.05, 0) is 70.1 Å². The zero-order chi connectivity index (χ0) is 24.4. The number of Topliss-reactive ketones (excluding diaryl/α,β-unsaturated/α-hetero) is 1. The third-order valence-electron chi connectivity index (χ3n) is 9.45. The first kappa shape index (κ1) is 24.3. The van der Waals surface area contributed by atoms with E-state index in [1.165, 1.54) is 0 Å². The number of ether oxygens (including phenoxy) is 2. The van der Waals surface area contributed by atoms with E-state index >= 15 is 0 Å². The number of phenolic OH excluding ortho intramolecular Hbond substituents is 1. The number of methoxy groups -OCH3 is 1. The molecule has 0 radical (unpaired) electrons. The van der Waals surface area contributed by atoms with E-state index in [9.17, 15) is 15.0 Å². The van der Waals surface area contributed by atoms with Gasteiger partial charge in [0.25, 0.3) is 0 Å². The standard InChI is InChI=1S/C28H40O5/c1-17(9-10-19-15-20(32-7)14-18(2)23(19)31)13-21(29)24-26(5)11-8-12-27(26,6)28(24)16-22(30)25(3,4)33-28/h9,14-15,22,24,30-31H,8,10-13,16H2,1-7H3/b17-9+/t22-,24-,26+,27+,28+/m0/s1. The van der Waals surface area contributed by atoms with Gasteiger partial charge in [-0.1, -0.05) is 31.9 Å². The normalized spacial score (nSPS) is 37.2. The molecule has 3 aliphatic rings. The molecule has 1 aromatic rings. The fraction of sp³-hybridized carbons (Fsp3) is 0.679.